The molecule has 0 saturated carbocycles. The average Bonchev–Trinajstić information content (AvgIpc) is 2.19. The number of rotatable bonds is 5. The molecule has 0 saturated heterocycles. The molecule has 0 aliphatic rings. The fourth-order valence-electron chi connectivity index (χ4n) is 1.51. The van der Waals surface area contributed by atoms with E-state index in [1.54, 1.807) is 12.1 Å². The van der Waals surface area contributed by atoms with Crippen LogP contribution < -0.4 is 0 Å². The molecule has 0 spiro atoms. The van der Waals surface area contributed by atoms with E-state index < -0.39 is 5.97 Å². The van der Waals surface area contributed by atoms with Gasteiger partial charge in [-0.25, -0.2) is 4.79 Å². The quantitative estimate of drug-likeness (QED) is 0.728. The largest absolute Gasteiger partial charge is 0.478 e. The molecule has 1 N–H and O–H groups in total. The summed E-state index contributed by atoms with van der Waals surface area (Å²) in [6.45, 7) is 2.14. The van der Waals surface area contributed by atoms with E-state index in [-0.39, 0.29) is 0 Å². The lowest BCUT2D eigenvalue weighted by Crippen LogP contribution is -2.01. The number of hydrogen-bond acceptors (Lipinski definition) is 1. The first kappa shape index (κ1) is 10.8. The summed E-state index contributed by atoms with van der Waals surface area (Å²) in [7, 11) is 0. The average molecular weight is 192 g/mol. The zero-order chi connectivity index (χ0) is 10.4. The van der Waals surface area contributed by atoms with Crippen molar-refractivity contribution < 1.29 is 9.90 Å². The highest BCUT2D eigenvalue weighted by Crippen LogP contribution is 2.12. The van der Waals surface area contributed by atoms with Crippen molar-refractivity contribution in [3.63, 3.8) is 0 Å². The van der Waals surface area contributed by atoms with Crippen LogP contribution in [0.3, 0.4) is 0 Å². The smallest absolute Gasteiger partial charge is 0.335 e. The van der Waals surface area contributed by atoms with Gasteiger partial charge in [0, 0.05) is 0 Å². The van der Waals surface area contributed by atoms with Crippen LogP contribution in [0.4, 0.5) is 0 Å². The van der Waals surface area contributed by atoms with Crippen LogP contribution in [0.2, 0.25) is 0 Å². The van der Waals surface area contributed by atoms with E-state index in [2.05, 4.69) is 6.92 Å². The minimum absolute atomic E-state index is 0.448. The Kier molecular flexibility index (Phi) is 4.17. The fraction of sp³-hybridized carbons (Fsp3) is 0.417. The lowest BCUT2D eigenvalue weighted by atomic mass is 10.0. The minimum Gasteiger partial charge on any atom is -0.478 e. The molecule has 0 radical (unpaired) electrons. The van der Waals surface area contributed by atoms with Crippen LogP contribution >= 0.6 is 0 Å². The Bertz CT molecular complexity index is 305. The zero-order valence-corrected chi connectivity index (χ0v) is 8.49. The first-order valence-electron chi connectivity index (χ1n) is 5.07. The number of unbranched alkanes of at least 4 members (excludes halogenated alkanes) is 2. The number of aryl methyl sites for hydroxylation is 1. The summed E-state index contributed by atoms with van der Waals surface area (Å²) in [4.78, 5) is 10.9. The van der Waals surface area contributed by atoms with Crippen molar-refractivity contribution in [1.82, 2.24) is 0 Å². The molecule has 0 bridgehead atoms. The molecular formula is C12H16O2. The third kappa shape index (κ3) is 2.87. The van der Waals surface area contributed by atoms with Crippen LogP contribution in [-0.4, -0.2) is 11.1 Å². The van der Waals surface area contributed by atoms with Gasteiger partial charge in [0.1, 0.15) is 0 Å². The second kappa shape index (κ2) is 5.43. The van der Waals surface area contributed by atoms with Crippen molar-refractivity contribution in [1.29, 1.82) is 0 Å². The predicted octanol–water partition coefficient (Wildman–Crippen LogP) is 3.12. The summed E-state index contributed by atoms with van der Waals surface area (Å²) in [5, 5.41) is 8.92. The summed E-state index contributed by atoms with van der Waals surface area (Å²) in [5.41, 5.74) is 1.40. The molecule has 0 aromatic heterocycles. The third-order valence-corrected chi connectivity index (χ3v) is 2.30. The Morgan fingerprint density at radius 1 is 1.29 bits per heavy atom. The Balaban J connectivity index is 2.69. The molecule has 1 aromatic rings. The molecule has 1 rings (SSSR count). The molecule has 1 aromatic carbocycles. The van der Waals surface area contributed by atoms with Crippen molar-refractivity contribution in [3.8, 4) is 0 Å². The van der Waals surface area contributed by atoms with E-state index in [1.807, 2.05) is 12.1 Å². The Morgan fingerprint density at radius 3 is 2.64 bits per heavy atom. The highest BCUT2D eigenvalue weighted by molar-refractivity contribution is 5.89. The standard InChI is InChI=1S/C12H16O2/c1-2-3-4-7-10-8-5-6-9-11(10)12(13)14/h5-6,8-9H,2-4,7H2,1H3,(H,13,14). The second-order valence-electron chi connectivity index (χ2n) is 3.42. The monoisotopic (exact) mass is 192 g/mol. The summed E-state index contributed by atoms with van der Waals surface area (Å²) in [6, 6.07) is 7.24. The molecule has 0 fully saturated rings. The third-order valence-electron chi connectivity index (χ3n) is 2.30. The summed E-state index contributed by atoms with van der Waals surface area (Å²) in [6.07, 6.45) is 4.26. The topological polar surface area (TPSA) is 37.3 Å². The lowest BCUT2D eigenvalue weighted by Gasteiger charge is -2.04. The van der Waals surface area contributed by atoms with Crippen LogP contribution in [0.5, 0.6) is 0 Å². The molecule has 0 amide bonds. The maximum atomic E-state index is 10.9. The van der Waals surface area contributed by atoms with Crippen molar-refractivity contribution >= 4 is 5.97 Å². The number of carbonyl (C=O) groups is 1. The van der Waals surface area contributed by atoms with Gasteiger partial charge in [0.15, 0.2) is 0 Å². The maximum Gasteiger partial charge on any atom is 0.335 e. The minimum atomic E-state index is -0.822. The summed E-state index contributed by atoms with van der Waals surface area (Å²) >= 11 is 0. The first-order chi connectivity index (χ1) is 6.75. The van der Waals surface area contributed by atoms with Crippen LogP contribution in [0, 0.1) is 0 Å². The highest BCUT2D eigenvalue weighted by Gasteiger charge is 2.07. The Labute approximate surface area is 84.6 Å². The molecule has 2 nitrogen and oxygen atoms in total. The SMILES string of the molecule is CCCCCc1ccccc1C(=O)O. The van der Waals surface area contributed by atoms with Crippen molar-refractivity contribution in [3.05, 3.63) is 35.4 Å². The second-order valence-corrected chi connectivity index (χ2v) is 3.42. The van der Waals surface area contributed by atoms with Gasteiger partial charge >= 0.3 is 5.97 Å². The van der Waals surface area contributed by atoms with E-state index in [0.29, 0.717) is 5.56 Å². The molecule has 0 aliphatic carbocycles. The summed E-state index contributed by atoms with van der Waals surface area (Å²) < 4.78 is 0. The first-order valence-corrected chi connectivity index (χ1v) is 5.07. The molecule has 2 heteroatoms. The van der Waals surface area contributed by atoms with Gasteiger partial charge in [0.05, 0.1) is 5.56 Å². The fourth-order valence-corrected chi connectivity index (χ4v) is 1.51. The van der Waals surface area contributed by atoms with Crippen molar-refractivity contribution in [2.75, 3.05) is 0 Å². The van der Waals surface area contributed by atoms with E-state index >= 15 is 0 Å². The molecular weight excluding hydrogens is 176 g/mol. The molecule has 76 valence electrons. The molecule has 0 aliphatic heterocycles. The van der Waals surface area contributed by atoms with E-state index in [9.17, 15) is 4.79 Å². The Morgan fingerprint density at radius 2 is 2.00 bits per heavy atom. The van der Waals surface area contributed by atoms with Gasteiger partial charge < -0.3 is 5.11 Å². The van der Waals surface area contributed by atoms with Crippen LogP contribution in [0.25, 0.3) is 0 Å². The van der Waals surface area contributed by atoms with E-state index in [1.165, 1.54) is 0 Å². The van der Waals surface area contributed by atoms with Gasteiger partial charge in [-0.1, -0.05) is 38.0 Å². The molecule has 0 heterocycles. The molecule has 14 heavy (non-hydrogen) atoms. The number of hydrogen-bond donors (Lipinski definition) is 1. The lowest BCUT2D eigenvalue weighted by molar-refractivity contribution is 0.0695. The maximum absolute atomic E-state index is 10.9. The number of benzene rings is 1. The van der Waals surface area contributed by atoms with Crippen molar-refractivity contribution in [2.24, 2.45) is 0 Å². The van der Waals surface area contributed by atoms with Crippen LogP contribution in [0.15, 0.2) is 24.3 Å². The van der Waals surface area contributed by atoms with Crippen LogP contribution in [-0.2, 0) is 6.42 Å². The van der Waals surface area contributed by atoms with Gasteiger partial charge in [0.25, 0.3) is 0 Å². The van der Waals surface area contributed by atoms with E-state index in [4.69, 9.17) is 5.11 Å². The zero-order valence-electron chi connectivity index (χ0n) is 8.49. The van der Waals surface area contributed by atoms with Gasteiger partial charge in [-0.3, -0.25) is 0 Å². The summed E-state index contributed by atoms with van der Waals surface area (Å²) in [5.74, 6) is -0.822. The molecule has 0 atom stereocenters. The van der Waals surface area contributed by atoms with Gasteiger partial charge in [0.2, 0.25) is 0 Å². The van der Waals surface area contributed by atoms with E-state index in [0.717, 1.165) is 31.2 Å². The number of carboxylic acid groups (broad SMARTS) is 1. The normalized spacial score (nSPS) is 10.1. The van der Waals surface area contributed by atoms with Gasteiger partial charge in [-0.05, 0) is 24.5 Å². The predicted molar refractivity (Wildman–Crippen MR) is 56.6 cm³/mol. The molecule has 0 unspecified atom stereocenters. The van der Waals surface area contributed by atoms with Crippen molar-refractivity contribution in [2.45, 2.75) is 32.6 Å². The van der Waals surface area contributed by atoms with Gasteiger partial charge in [-0.2, -0.15) is 0 Å². The number of carboxylic acids is 1. The van der Waals surface area contributed by atoms with Crippen LogP contribution in [0.1, 0.15) is 42.1 Å². The Hall–Kier alpha value is -1.31. The van der Waals surface area contributed by atoms with Gasteiger partial charge in [-0.15, -0.1) is 0 Å². The number of aromatic carboxylic acids is 1. The highest BCUT2D eigenvalue weighted by atomic mass is 16.4.